The number of carbonyl (C=O) groups is 1. The van der Waals surface area contributed by atoms with Gasteiger partial charge in [0.25, 0.3) is 0 Å². The number of aliphatic hydroxyl groups excluding tert-OH is 1. The molecule has 110 valence electrons. The molecule has 20 heavy (non-hydrogen) atoms. The zero-order valence-corrected chi connectivity index (χ0v) is 12.1. The summed E-state index contributed by atoms with van der Waals surface area (Å²) in [5, 5.41) is 15.0. The number of hydrogen-bond donors (Lipinski definition) is 4. The zero-order valence-electron chi connectivity index (χ0n) is 12.1. The van der Waals surface area contributed by atoms with E-state index in [0.29, 0.717) is 6.54 Å². The molecule has 0 bridgehead atoms. The van der Waals surface area contributed by atoms with Crippen molar-refractivity contribution in [1.29, 1.82) is 0 Å². The van der Waals surface area contributed by atoms with Gasteiger partial charge in [-0.25, -0.2) is 4.79 Å². The lowest BCUT2D eigenvalue weighted by Gasteiger charge is -2.24. The summed E-state index contributed by atoms with van der Waals surface area (Å²) < 4.78 is 0. The van der Waals surface area contributed by atoms with E-state index in [1.54, 1.807) is 0 Å². The highest BCUT2D eigenvalue weighted by Crippen LogP contribution is 2.45. The molecule has 0 radical (unpaired) electrons. The summed E-state index contributed by atoms with van der Waals surface area (Å²) in [7, 11) is 0. The van der Waals surface area contributed by atoms with Gasteiger partial charge in [-0.1, -0.05) is 26.0 Å². The van der Waals surface area contributed by atoms with Crippen LogP contribution in [0.15, 0.2) is 24.3 Å². The highest BCUT2D eigenvalue weighted by Gasteiger charge is 2.45. The van der Waals surface area contributed by atoms with Gasteiger partial charge in [-0.05, 0) is 30.5 Å². The molecule has 5 heteroatoms. The molecule has 1 aliphatic rings. The predicted molar refractivity (Wildman–Crippen MR) is 79.2 cm³/mol. The molecule has 0 aliphatic heterocycles. The molecule has 1 fully saturated rings. The minimum Gasteiger partial charge on any atom is -0.399 e. The highest BCUT2D eigenvalue weighted by atomic mass is 16.3. The summed E-state index contributed by atoms with van der Waals surface area (Å²) in [5.74, 6) is 0. The second kappa shape index (κ2) is 5.32. The van der Waals surface area contributed by atoms with E-state index in [0.717, 1.165) is 24.1 Å². The van der Waals surface area contributed by atoms with Gasteiger partial charge in [0, 0.05) is 24.3 Å². The summed E-state index contributed by atoms with van der Waals surface area (Å²) in [6, 6.07) is 7.43. The molecule has 0 heterocycles. The lowest BCUT2D eigenvalue weighted by Crippen LogP contribution is -2.45. The van der Waals surface area contributed by atoms with Crippen LogP contribution in [0, 0.1) is 5.41 Å². The van der Waals surface area contributed by atoms with Crippen molar-refractivity contribution in [2.45, 2.75) is 32.2 Å². The van der Waals surface area contributed by atoms with E-state index in [9.17, 15) is 9.90 Å². The average Bonchev–Trinajstić information content (AvgIpc) is 3.18. The second-order valence-corrected chi connectivity index (χ2v) is 6.33. The standard InChI is InChI=1S/C15H23N3O2/c1-14(2,10-19)9-17-13(20)18-15(7-8-15)11-3-5-12(16)6-4-11/h3-6,19H,7-10,16H2,1-2H3,(H2,17,18,20). The second-order valence-electron chi connectivity index (χ2n) is 6.33. The molecule has 5 nitrogen and oxygen atoms in total. The van der Waals surface area contributed by atoms with Crippen molar-refractivity contribution in [1.82, 2.24) is 10.6 Å². The minimum atomic E-state index is -0.310. The van der Waals surface area contributed by atoms with Crippen molar-refractivity contribution in [3.05, 3.63) is 29.8 Å². The average molecular weight is 277 g/mol. The quantitative estimate of drug-likeness (QED) is 0.616. The Labute approximate surface area is 119 Å². The highest BCUT2D eigenvalue weighted by molar-refractivity contribution is 5.75. The normalized spacial score (nSPS) is 16.6. The van der Waals surface area contributed by atoms with Crippen LogP contribution in [0.5, 0.6) is 0 Å². The van der Waals surface area contributed by atoms with Crippen LogP contribution in [0.1, 0.15) is 32.3 Å². The molecule has 1 aromatic rings. The van der Waals surface area contributed by atoms with E-state index in [1.165, 1.54) is 0 Å². The number of carbonyl (C=O) groups excluding carboxylic acids is 1. The first-order valence-electron chi connectivity index (χ1n) is 6.90. The Morgan fingerprint density at radius 1 is 1.35 bits per heavy atom. The molecule has 1 aliphatic carbocycles. The molecule has 0 saturated heterocycles. The fourth-order valence-corrected chi connectivity index (χ4v) is 2.05. The number of rotatable bonds is 5. The van der Waals surface area contributed by atoms with E-state index in [2.05, 4.69) is 10.6 Å². The van der Waals surface area contributed by atoms with E-state index in [4.69, 9.17) is 5.73 Å². The third-order valence-electron chi connectivity index (χ3n) is 3.72. The number of urea groups is 1. The molecule has 0 aromatic heterocycles. The number of hydrogen-bond acceptors (Lipinski definition) is 3. The Balaban J connectivity index is 1.92. The van der Waals surface area contributed by atoms with E-state index < -0.39 is 0 Å². The first-order chi connectivity index (χ1) is 9.37. The van der Waals surface area contributed by atoms with Gasteiger partial charge in [0.2, 0.25) is 0 Å². The van der Waals surface area contributed by atoms with Gasteiger partial charge < -0.3 is 21.5 Å². The van der Waals surface area contributed by atoms with E-state index in [1.807, 2.05) is 38.1 Å². The summed E-state index contributed by atoms with van der Waals surface area (Å²) in [4.78, 5) is 12.0. The maximum atomic E-state index is 12.0. The topological polar surface area (TPSA) is 87.4 Å². The van der Waals surface area contributed by atoms with Crippen LogP contribution in [0.3, 0.4) is 0 Å². The van der Waals surface area contributed by atoms with E-state index in [-0.39, 0.29) is 23.6 Å². The lowest BCUT2D eigenvalue weighted by molar-refractivity contribution is 0.156. The van der Waals surface area contributed by atoms with Crippen LogP contribution in [0.2, 0.25) is 0 Å². The Bertz CT molecular complexity index is 478. The molecule has 0 atom stereocenters. The third kappa shape index (κ3) is 3.42. The maximum absolute atomic E-state index is 12.0. The number of amides is 2. The zero-order chi connectivity index (χ0) is 14.8. The van der Waals surface area contributed by atoms with Crippen LogP contribution >= 0.6 is 0 Å². The van der Waals surface area contributed by atoms with Crippen molar-refractivity contribution < 1.29 is 9.90 Å². The van der Waals surface area contributed by atoms with Crippen molar-refractivity contribution in [3.8, 4) is 0 Å². The van der Waals surface area contributed by atoms with Crippen molar-refractivity contribution in [2.75, 3.05) is 18.9 Å². The molecule has 0 unspecified atom stereocenters. The molecular weight excluding hydrogens is 254 g/mol. The van der Waals surface area contributed by atoms with Gasteiger partial charge in [-0.2, -0.15) is 0 Å². The molecular formula is C15H23N3O2. The van der Waals surface area contributed by atoms with Gasteiger partial charge in [-0.3, -0.25) is 0 Å². The third-order valence-corrected chi connectivity index (χ3v) is 3.72. The van der Waals surface area contributed by atoms with Crippen molar-refractivity contribution in [3.63, 3.8) is 0 Å². The Morgan fingerprint density at radius 2 is 1.95 bits per heavy atom. The number of nitrogens with two attached hydrogens (primary N) is 1. The number of nitrogen functional groups attached to an aromatic ring is 1. The lowest BCUT2D eigenvalue weighted by atomic mass is 9.95. The fraction of sp³-hybridized carbons (Fsp3) is 0.533. The Hall–Kier alpha value is -1.75. The molecule has 5 N–H and O–H groups in total. The number of anilines is 1. The van der Waals surface area contributed by atoms with Gasteiger partial charge in [0.05, 0.1) is 5.54 Å². The van der Waals surface area contributed by atoms with Crippen molar-refractivity contribution in [2.24, 2.45) is 5.41 Å². The van der Waals surface area contributed by atoms with Gasteiger partial charge >= 0.3 is 6.03 Å². The summed E-state index contributed by atoms with van der Waals surface area (Å²) in [6.45, 7) is 4.28. The van der Waals surface area contributed by atoms with Crippen LogP contribution in [0.25, 0.3) is 0 Å². The molecule has 1 aromatic carbocycles. The monoisotopic (exact) mass is 277 g/mol. The molecule has 2 rings (SSSR count). The summed E-state index contributed by atoms with van der Waals surface area (Å²) in [6.07, 6.45) is 1.88. The number of benzene rings is 1. The first-order valence-corrected chi connectivity index (χ1v) is 6.90. The van der Waals surface area contributed by atoms with Gasteiger partial charge in [-0.15, -0.1) is 0 Å². The van der Waals surface area contributed by atoms with Crippen LogP contribution in [-0.2, 0) is 5.54 Å². The smallest absolute Gasteiger partial charge is 0.315 e. The minimum absolute atomic E-state index is 0.0381. The SMILES string of the molecule is CC(C)(CO)CNC(=O)NC1(c2ccc(N)cc2)CC1. The predicted octanol–water partition coefficient (Wildman–Crippen LogP) is 1.58. The van der Waals surface area contributed by atoms with E-state index >= 15 is 0 Å². The molecule has 0 spiro atoms. The molecule has 1 saturated carbocycles. The fourth-order valence-electron chi connectivity index (χ4n) is 2.05. The largest absolute Gasteiger partial charge is 0.399 e. The maximum Gasteiger partial charge on any atom is 0.315 e. The van der Waals surface area contributed by atoms with Crippen LogP contribution < -0.4 is 16.4 Å². The molecule has 2 amide bonds. The Morgan fingerprint density at radius 3 is 2.45 bits per heavy atom. The Kier molecular flexibility index (Phi) is 3.90. The summed E-state index contributed by atoms with van der Waals surface area (Å²) in [5.41, 5.74) is 6.93. The van der Waals surface area contributed by atoms with Gasteiger partial charge in [0.1, 0.15) is 0 Å². The first kappa shape index (κ1) is 14.7. The van der Waals surface area contributed by atoms with Crippen LogP contribution in [0.4, 0.5) is 10.5 Å². The number of aliphatic hydroxyl groups is 1. The van der Waals surface area contributed by atoms with Crippen molar-refractivity contribution >= 4 is 11.7 Å². The summed E-state index contributed by atoms with van der Waals surface area (Å²) >= 11 is 0. The number of nitrogens with one attached hydrogen (secondary N) is 2. The van der Waals surface area contributed by atoms with Gasteiger partial charge in [0.15, 0.2) is 0 Å². The van der Waals surface area contributed by atoms with Crippen LogP contribution in [-0.4, -0.2) is 24.3 Å².